The molecule has 3 aromatic carbocycles. The number of ether oxygens (including phenoxy) is 2. The van der Waals surface area contributed by atoms with Gasteiger partial charge in [-0.05, 0) is 79.3 Å². The van der Waals surface area contributed by atoms with Gasteiger partial charge in [-0.2, -0.15) is 0 Å². The van der Waals surface area contributed by atoms with Crippen LogP contribution in [0, 0.1) is 6.92 Å². The van der Waals surface area contributed by atoms with Crippen LogP contribution >= 0.6 is 0 Å². The summed E-state index contributed by atoms with van der Waals surface area (Å²) in [5.74, 6) is -1.94. The lowest BCUT2D eigenvalue weighted by Gasteiger charge is -2.30. The lowest BCUT2D eigenvalue weighted by atomic mass is 9.93. The molecule has 10 N–H and O–H groups in total. The lowest BCUT2D eigenvalue weighted by Crippen LogP contribution is -2.55. The summed E-state index contributed by atoms with van der Waals surface area (Å²) in [6.45, 7) is 5.83. The van der Waals surface area contributed by atoms with E-state index in [2.05, 4.69) is 28.2 Å². The van der Waals surface area contributed by atoms with Crippen LogP contribution in [-0.2, 0) is 32.0 Å². The van der Waals surface area contributed by atoms with Gasteiger partial charge in [0.2, 0.25) is 23.6 Å². The van der Waals surface area contributed by atoms with E-state index in [1.54, 1.807) is 36.4 Å². The Morgan fingerprint density at radius 1 is 0.814 bits per heavy atom. The number of benzene rings is 3. The van der Waals surface area contributed by atoms with Crippen molar-refractivity contribution in [1.82, 2.24) is 26.2 Å². The molecule has 15 heteroatoms. The van der Waals surface area contributed by atoms with Crippen LogP contribution in [-0.4, -0.2) is 93.1 Å². The number of hydrogen-bond acceptors (Lipinski definition) is 10. The average Bonchev–Trinajstić information content (AvgIpc) is 3.22. The third-order valence-corrected chi connectivity index (χ3v) is 10.3. The second-order valence-corrected chi connectivity index (χ2v) is 14.9. The third kappa shape index (κ3) is 13.0. The number of hydrogen-bond donors (Lipinski definition) is 7. The number of likely N-dealkylation sites (N-methyl/N-ethyl adjacent to an activating group) is 1. The maximum Gasteiger partial charge on any atom is 0.251 e. The Balaban J connectivity index is 1.68. The summed E-state index contributed by atoms with van der Waals surface area (Å²) >= 11 is 0. The van der Waals surface area contributed by atoms with Crippen LogP contribution in [0.3, 0.4) is 0 Å². The van der Waals surface area contributed by atoms with Crippen molar-refractivity contribution >= 4 is 29.5 Å². The molecular weight excluding hydrogens is 753 g/mol. The molecule has 1 aliphatic rings. The Morgan fingerprint density at radius 2 is 1.47 bits per heavy atom. The number of nitrogens with zero attached hydrogens (tertiary/aromatic N) is 1. The van der Waals surface area contributed by atoms with Crippen molar-refractivity contribution in [1.29, 1.82) is 0 Å². The number of fused-ring (bicyclic) bond motifs is 5. The van der Waals surface area contributed by atoms with Crippen LogP contribution in [0.1, 0.15) is 91.0 Å². The summed E-state index contributed by atoms with van der Waals surface area (Å²) in [6.07, 6.45) is 8.20. The van der Waals surface area contributed by atoms with Crippen molar-refractivity contribution in [2.75, 3.05) is 46.6 Å². The van der Waals surface area contributed by atoms with Crippen LogP contribution in [0.5, 0.6) is 11.5 Å². The molecule has 4 rings (SSSR count). The van der Waals surface area contributed by atoms with E-state index < -0.39 is 54.2 Å². The van der Waals surface area contributed by atoms with Crippen molar-refractivity contribution in [2.24, 2.45) is 17.2 Å². The minimum atomic E-state index is -1.28. The van der Waals surface area contributed by atoms with Gasteiger partial charge in [-0.1, -0.05) is 63.3 Å². The highest BCUT2D eigenvalue weighted by Gasteiger charge is 2.33. The quantitative estimate of drug-likeness (QED) is 0.0691. The number of nitrogens with two attached hydrogens (primary N) is 3. The first kappa shape index (κ1) is 46.2. The van der Waals surface area contributed by atoms with Crippen molar-refractivity contribution < 1.29 is 33.4 Å². The van der Waals surface area contributed by atoms with Crippen LogP contribution < -0.4 is 47.9 Å². The predicted octanol–water partition coefficient (Wildman–Crippen LogP) is 2.75. The first-order valence-electron chi connectivity index (χ1n) is 20.6. The van der Waals surface area contributed by atoms with E-state index in [0.717, 1.165) is 24.0 Å². The van der Waals surface area contributed by atoms with Gasteiger partial charge in [0, 0.05) is 43.2 Å². The molecule has 5 amide bonds. The van der Waals surface area contributed by atoms with E-state index in [0.29, 0.717) is 39.3 Å². The van der Waals surface area contributed by atoms with E-state index in [1.807, 2.05) is 25.1 Å². The zero-order valence-corrected chi connectivity index (χ0v) is 34.9. The molecule has 15 nitrogen and oxygen atoms in total. The van der Waals surface area contributed by atoms with E-state index in [1.165, 1.54) is 51.0 Å². The fourth-order valence-electron chi connectivity index (χ4n) is 7.07. The molecule has 59 heavy (non-hydrogen) atoms. The molecule has 0 radical (unpaired) electrons. The number of rotatable bonds is 19. The highest BCUT2D eigenvalue weighted by molar-refractivity contribution is 5.99. The number of nitrogens with one attached hydrogen (secondary N) is 4. The summed E-state index contributed by atoms with van der Waals surface area (Å²) in [4.78, 5) is 69.5. The molecule has 0 spiro atoms. The van der Waals surface area contributed by atoms with Gasteiger partial charge in [-0.25, -0.2) is 0 Å². The molecule has 3 atom stereocenters. The number of unbranched alkanes of at least 4 members (excludes halogenated alkanes) is 5. The summed E-state index contributed by atoms with van der Waals surface area (Å²) in [6, 6.07) is 12.7. The molecule has 0 aromatic heterocycles. The zero-order valence-electron chi connectivity index (χ0n) is 34.9. The highest BCUT2D eigenvalue weighted by atomic mass is 16.5. The Labute approximate surface area is 347 Å². The van der Waals surface area contributed by atoms with Crippen molar-refractivity contribution in [2.45, 2.75) is 90.3 Å². The lowest BCUT2D eigenvalue weighted by molar-refractivity contribution is -0.139. The van der Waals surface area contributed by atoms with Gasteiger partial charge in [-0.3, -0.25) is 24.0 Å². The summed E-state index contributed by atoms with van der Waals surface area (Å²) in [5, 5.41) is 10.7. The Hall–Kier alpha value is -5.51. The molecular formula is C44H62N8O7. The second kappa shape index (κ2) is 23.2. The van der Waals surface area contributed by atoms with Crippen molar-refractivity contribution in [3.8, 4) is 22.6 Å². The SMILES string of the molecule is CCCCCCCCc1ccc(C(=O)NCC(=O)N(C)[C@@H]2C(=O)N[C@@H](C)C(=O)N[C@H](C(=O)NCN)Cc3ccc(OCCN)c(c3)-c3cc2ccc3OCCN)c(C)c1. The first-order valence-corrected chi connectivity index (χ1v) is 20.6. The molecule has 1 heterocycles. The van der Waals surface area contributed by atoms with Crippen molar-refractivity contribution in [3.05, 3.63) is 82.4 Å². The van der Waals surface area contributed by atoms with Gasteiger partial charge >= 0.3 is 0 Å². The summed E-state index contributed by atoms with van der Waals surface area (Å²) in [7, 11) is 1.46. The molecule has 1 aliphatic heterocycles. The number of carbonyl (C=O) groups excluding carboxylic acids is 5. The van der Waals surface area contributed by atoms with E-state index in [9.17, 15) is 24.0 Å². The van der Waals surface area contributed by atoms with Gasteiger partial charge in [0.15, 0.2) is 0 Å². The smallest absolute Gasteiger partial charge is 0.251 e. The van der Waals surface area contributed by atoms with E-state index in [-0.39, 0.29) is 39.4 Å². The first-order chi connectivity index (χ1) is 28.4. The Morgan fingerprint density at radius 3 is 2.14 bits per heavy atom. The summed E-state index contributed by atoms with van der Waals surface area (Å²) < 4.78 is 12.1. The minimum Gasteiger partial charge on any atom is -0.492 e. The van der Waals surface area contributed by atoms with Crippen LogP contribution in [0.2, 0.25) is 0 Å². The zero-order chi connectivity index (χ0) is 42.9. The molecule has 0 aliphatic carbocycles. The topological polar surface area (TPSA) is 233 Å². The van der Waals surface area contributed by atoms with Gasteiger partial charge in [-0.15, -0.1) is 0 Å². The molecule has 0 saturated heterocycles. The average molecular weight is 815 g/mol. The minimum absolute atomic E-state index is 0.0789. The molecule has 320 valence electrons. The number of amides is 5. The van der Waals surface area contributed by atoms with Crippen LogP contribution in [0.4, 0.5) is 0 Å². The molecule has 3 aromatic rings. The largest absolute Gasteiger partial charge is 0.492 e. The fraction of sp³-hybridized carbons (Fsp3) is 0.477. The van der Waals surface area contributed by atoms with E-state index in [4.69, 9.17) is 26.7 Å². The van der Waals surface area contributed by atoms with Gasteiger partial charge in [0.1, 0.15) is 42.8 Å². The van der Waals surface area contributed by atoms with Gasteiger partial charge in [0.25, 0.3) is 5.91 Å². The van der Waals surface area contributed by atoms with Crippen molar-refractivity contribution in [3.63, 3.8) is 0 Å². The maximum absolute atomic E-state index is 14.3. The Bertz CT molecular complexity index is 1920. The highest BCUT2D eigenvalue weighted by Crippen LogP contribution is 2.40. The second-order valence-electron chi connectivity index (χ2n) is 14.9. The van der Waals surface area contributed by atoms with Gasteiger partial charge in [0.05, 0.1) is 13.2 Å². The monoisotopic (exact) mass is 814 g/mol. The van der Waals surface area contributed by atoms with Crippen LogP contribution in [0.25, 0.3) is 11.1 Å². The molecule has 0 saturated carbocycles. The van der Waals surface area contributed by atoms with E-state index >= 15 is 0 Å². The van der Waals surface area contributed by atoms with Gasteiger partial charge < -0.3 is 52.8 Å². The number of carbonyl (C=O) groups is 5. The fourth-order valence-corrected chi connectivity index (χ4v) is 7.07. The standard InChI is InChI=1S/C44H62N8O7/c1-5-6-7-8-9-10-11-30-12-15-33(28(2)22-30)42(55)48-26-39(53)52(4)40-32-14-17-38(59-21-19-46)35(25-32)34-23-31(13-16-37(34)58-20-18-45)24-36(43(56)49-27-47)51-41(54)29(3)50-44(40)57/h12-17,22-23,25,29,36,40H,5-11,18-21,24,26-27,45-47H2,1-4H3,(H,48,55)(H,49,56)(H,50,57)(H,51,54)/t29-,36-,40-/m0/s1. The summed E-state index contributed by atoms with van der Waals surface area (Å²) in [5.41, 5.74) is 21.8. The molecule has 0 fully saturated rings. The molecule has 4 bridgehead atoms. The maximum atomic E-state index is 14.3. The predicted molar refractivity (Wildman–Crippen MR) is 228 cm³/mol. The van der Waals surface area contributed by atoms with Crippen LogP contribution in [0.15, 0.2) is 54.6 Å². The third-order valence-electron chi connectivity index (χ3n) is 10.3. The molecule has 0 unspecified atom stereocenters. The Kier molecular flexibility index (Phi) is 18.1. The normalized spacial score (nSPS) is 16.6. The number of aryl methyl sites for hydroxylation is 2.